The van der Waals surface area contributed by atoms with Crippen LogP contribution in [0, 0.1) is 5.92 Å². The summed E-state index contributed by atoms with van der Waals surface area (Å²) in [6, 6.07) is 6.65. The molecule has 0 bridgehead atoms. The zero-order chi connectivity index (χ0) is 13.0. The van der Waals surface area contributed by atoms with Crippen LogP contribution in [0.15, 0.2) is 29.2 Å². The maximum atomic E-state index is 11.5. The number of rotatable bonds is 3. The highest BCUT2D eigenvalue weighted by Gasteiger charge is 2.52. The summed E-state index contributed by atoms with van der Waals surface area (Å²) < 4.78 is 23.0. The predicted octanol–water partition coefficient (Wildman–Crippen LogP) is 0.295. The van der Waals surface area contributed by atoms with Gasteiger partial charge >= 0.3 is 0 Å². The van der Waals surface area contributed by atoms with E-state index in [1.54, 1.807) is 18.2 Å². The summed E-state index contributed by atoms with van der Waals surface area (Å²) in [5.41, 5.74) is -0.0452. The van der Waals surface area contributed by atoms with Gasteiger partial charge in [0.15, 0.2) is 0 Å². The van der Waals surface area contributed by atoms with Crippen molar-refractivity contribution in [3.05, 3.63) is 24.3 Å². The van der Waals surface area contributed by atoms with Gasteiger partial charge in [0.05, 0.1) is 5.69 Å². The van der Waals surface area contributed by atoms with E-state index in [-0.39, 0.29) is 4.90 Å². The summed E-state index contributed by atoms with van der Waals surface area (Å²) in [6.45, 7) is 0.981. The van der Waals surface area contributed by atoms with Crippen molar-refractivity contribution in [2.45, 2.75) is 23.3 Å². The third kappa shape index (κ3) is 1.90. The van der Waals surface area contributed by atoms with E-state index in [1.165, 1.54) is 6.07 Å². The largest absolute Gasteiger partial charge is 0.386 e. The molecule has 1 saturated heterocycles. The zero-order valence-corrected chi connectivity index (χ0v) is 10.7. The monoisotopic (exact) mass is 268 g/mol. The SMILES string of the molecule is NS(=O)(=O)c1ccccc1N1CC(O)(C2CC2)C1. The Morgan fingerprint density at radius 2 is 1.89 bits per heavy atom. The fourth-order valence-electron chi connectivity index (χ4n) is 2.62. The van der Waals surface area contributed by atoms with Crippen LogP contribution in [0.1, 0.15) is 12.8 Å². The topological polar surface area (TPSA) is 83.6 Å². The minimum absolute atomic E-state index is 0.128. The first-order valence-corrected chi connectivity index (χ1v) is 7.54. The predicted molar refractivity (Wildman–Crippen MR) is 67.7 cm³/mol. The molecule has 1 aliphatic heterocycles. The average molecular weight is 268 g/mol. The van der Waals surface area contributed by atoms with Gasteiger partial charge in [-0.15, -0.1) is 0 Å². The van der Waals surface area contributed by atoms with Crippen molar-refractivity contribution in [1.29, 1.82) is 0 Å². The van der Waals surface area contributed by atoms with Crippen molar-refractivity contribution < 1.29 is 13.5 Å². The lowest BCUT2D eigenvalue weighted by Crippen LogP contribution is -2.63. The molecule has 1 aromatic rings. The van der Waals surface area contributed by atoms with Gasteiger partial charge in [0.1, 0.15) is 10.5 Å². The number of aliphatic hydroxyl groups is 1. The number of β-amino-alcohol motifs (C(OH)–C–C–N with tert-alkyl or cyclic N) is 1. The molecule has 0 atom stereocenters. The summed E-state index contributed by atoms with van der Waals surface area (Å²) in [6.07, 6.45) is 2.14. The van der Waals surface area contributed by atoms with Crippen molar-refractivity contribution >= 4 is 15.7 Å². The summed E-state index contributed by atoms with van der Waals surface area (Å²) >= 11 is 0. The van der Waals surface area contributed by atoms with Gasteiger partial charge in [0.25, 0.3) is 0 Å². The molecule has 3 N–H and O–H groups in total. The third-order valence-electron chi connectivity index (χ3n) is 3.78. The van der Waals surface area contributed by atoms with Crippen molar-refractivity contribution in [2.24, 2.45) is 11.1 Å². The second-order valence-corrected chi connectivity index (χ2v) is 6.78. The lowest BCUT2D eigenvalue weighted by Gasteiger charge is -2.48. The molecular formula is C12H16N2O3S. The summed E-state index contributed by atoms with van der Waals surface area (Å²) in [5.74, 6) is 0.385. The normalized spacial score (nSPS) is 22.7. The van der Waals surface area contributed by atoms with E-state index in [2.05, 4.69) is 0 Å². The standard InChI is InChI=1S/C12H16N2O3S/c13-18(16,17)11-4-2-1-3-10(11)14-7-12(15,8-14)9-5-6-9/h1-4,9,15H,5-8H2,(H2,13,16,17). The molecule has 0 spiro atoms. The molecule has 0 aromatic heterocycles. The summed E-state index contributed by atoms with van der Waals surface area (Å²) in [5, 5.41) is 15.4. The van der Waals surface area contributed by atoms with Crippen LogP contribution in [-0.4, -0.2) is 32.2 Å². The van der Waals surface area contributed by atoms with Crippen LogP contribution in [0.4, 0.5) is 5.69 Å². The van der Waals surface area contributed by atoms with Crippen LogP contribution >= 0.6 is 0 Å². The molecule has 6 heteroatoms. The number of hydrogen-bond donors (Lipinski definition) is 2. The van der Waals surface area contributed by atoms with Crippen LogP contribution < -0.4 is 10.0 Å². The highest BCUT2D eigenvalue weighted by Crippen LogP contribution is 2.46. The van der Waals surface area contributed by atoms with E-state index >= 15 is 0 Å². The van der Waals surface area contributed by atoms with Crippen molar-refractivity contribution in [3.8, 4) is 0 Å². The van der Waals surface area contributed by atoms with Crippen molar-refractivity contribution in [3.63, 3.8) is 0 Å². The lowest BCUT2D eigenvalue weighted by atomic mass is 9.88. The number of para-hydroxylation sites is 1. The second-order valence-electron chi connectivity index (χ2n) is 5.25. The van der Waals surface area contributed by atoms with Gasteiger partial charge in [0, 0.05) is 13.1 Å². The first kappa shape index (κ1) is 12.0. The molecule has 0 radical (unpaired) electrons. The van der Waals surface area contributed by atoms with Crippen LogP contribution in [0.3, 0.4) is 0 Å². The Morgan fingerprint density at radius 3 is 2.44 bits per heavy atom. The van der Waals surface area contributed by atoms with E-state index in [9.17, 15) is 13.5 Å². The first-order valence-electron chi connectivity index (χ1n) is 5.99. The van der Waals surface area contributed by atoms with E-state index in [4.69, 9.17) is 5.14 Å². The van der Waals surface area contributed by atoms with Gasteiger partial charge in [-0.1, -0.05) is 12.1 Å². The molecule has 1 heterocycles. The van der Waals surface area contributed by atoms with Crippen LogP contribution in [0.5, 0.6) is 0 Å². The Labute approximate surface area is 106 Å². The minimum atomic E-state index is -3.72. The molecule has 98 valence electrons. The minimum Gasteiger partial charge on any atom is -0.386 e. The van der Waals surface area contributed by atoms with Crippen molar-refractivity contribution in [2.75, 3.05) is 18.0 Å². The fraction of sp³-hybridized carbons (Fsp3) is 0.500. The van der Waals surface area contributed by atoms with Gasteiger partial charge in [0.2, 0.25) is 10.0 Å². The van der Waals surface area contributed by atoms with E-state index < -0.39 is 15.6 Å². The molecule has 5 nitrogen and oxygen atoms in total. The van der Waals surface area contributed by atoms with Crippen LogP contribution in [0.25, 0.3) is 0 Å². The third-order valence-corrected chi connectivity index (χ3v) is 4.74. The van der Waals surface area contributed by atoms with Gasteiger partial charge in [-0.2, -0.15) is 0 Å². The van der Waals surface area contributed by atoms with Gasteiger partial charge in [-0.05, 0) is 30.9 Å². The summed E-state index contributed by atoms with van der Waals surface area (Å²) in [4.78, 5) is 2.00. The maximum Gasteiger partial charge on any atom is 0.240 e. The molecule has 2 fully saturated rings. The van der Waals surface area contributed by atoms with Gasteiger partial charge < -0.3 is 10.0 Å². The summed E-state index contributed by atoms with van der Waals surface area (Å²) in [7, 11) is -3.72. The van der Waals surface area contributed by atoms with E-state index in [0.717, 1.165) is 12.8 Å². The number of sulfonamides is 1. The maximum absolute atomic E-state index is 11.5. The Hall–Kier alpha value is -1.11. The van der Waals surface area contributed by atoms with Gasteiger partial charge in [-0.25, -0.2) is 13.6 Å². The Bertz CT molecular complexity index is 575. The quantitative estimate of drug-likeness (QED) is 0.825. The Morgan fingerprint density at radius 1 is 1.28 bits per heavy atom. The molecule has 1 aromatic carbocycles. The number of hydrogen-bond acceptors (Lipinski definition) is 4. The lowest BCUT2D eigenvalue weighted by molar-refractivity contribution is -0.00958. The highest BCUT2D eigenvalue weighted by atomic mass is 32.2. The first-order chi connectivity index (χ1) is 8.40. The number of nitrogens with zero attached hydrogens (tertiary/aromatic N) is 1. The molecule has 2 aliphatic rings. The molecule has 3 rings (SSSR count). The van der Waals surface area contributed by atoms with Crippen LogP contribution in [0.2, 0.25) is 0 Å². The zero-order valence-electron chi connectivity index (χ0n) is 9.91. The molecule has 0 unspecified atom stereocenters. The van der Waals surface area contributed by atoms with E-state index in [1.807, 2.05) is 4.90 Å². The number of primary sulfonamides is 1. The number of benzene rings is 1. The second kappa shape index (κ2) is 3.69. The Balaban J connectivity index is 1.86. The molecule has 1 saturated carbocycles. The molecule has 18 heavy (non-hydrogen) atoms. The van der Waals surface area contributed by atoms with Gasteiger partial charge in [-0.3, -0.25) is 0 Å². The van der Waals surface area contributed by atoms with Crippen molar-refractivity contribution in [1.82, 2.24) is 0 Å². The highest BCUT2D eigenvalue weighted by molar-refractivity contribution is 7.89. The van der Waals surface area contributed by atoms with E-state index in [0.29, 0.717) is 24.7 Å². The number of nitrogens with two attached hydrogens (primary N) is 1. The fourth-order valence-corrected chi connectivity index (χ4v) is 3.38. The smallest absolute Gasteiger partial charge is 0.240 e. The Kier molecular flexibility index (Phi) is 2.45. The number of anilines is 1. The molecule has 0 amide bonds. The average Bonchev–Trinajstić information content (AvgIpc) is 3.07. The molecular weight excluding hydrogens is 252 g/mol. The van der Waals surface area contributed by atoms with Crippen LogP contribution in [-0.2, 0) is 10.0 Å². The molecule has 1 aliphatic carbocycles.